The van der Waals surface area contributed by atoms with Crippen LogP contribution in [0.3, 0.4) is 0 Å². The molecule has 0 unspecified atom stereocenters. The van der Waals surface area contributed by atoms with Crippen LogP contribution < -0.4 is 0 Å². The van der Waals surface area contributed by atoms with Gasteiger partial charge in [-0.2, -0.15) is 5.10 Å². The number of carboxylic acid groups (broad SMARTS) is 1. The predicted octanol–water partition coefficient (Wildman–Crippen LogP) is 2.27. The van der Waals surface area contributed by atoms with Crippen LogP contribution in [0.25, 0.3) is 0 Å². The van der Waals surface area contributed by atoms with Gasteiger partial charge in [-0.05, 0) is 10.8 Å². The van der Waals surface area contributed by atoms with Crippen molar-refractivity contribution in [2.75, 3.05) is 0 Å². The topological polar surface area (TPSA) is 55.1 Å². The number of rotatable bonds is 2. The Balaban J connectivity index is 2.51. The van der Waals surface area contributed by atoms with Gasteiger partial charge in [-0.3, -0.25) is 4.68 Å². The van der Waals surface area contributed by atoms with Gasteiger partial charge in [0, 0.05) is 13.0 Å². The van der Waals surface area contributed by atoms with Gasteiger partial charge in [-0.25, -0.2) is 4.79 Å². The van der Waals surface area contributed by atoms with Crippen molar-refractivity contribution >= 4 is 5.97 Å². The normalized spacial score (nSPS) is 22.1. The van der Waals surface area contributed by atoms with E-state index in [1.807, 2.05) is 7.05 Å². The van der Waals surface area contributed by atoms with Gasteiger partial charge in [-0.15, -0.1) is 0 Å². The summed E-state index contributed by atoms with van der Waals surface area (Å²) in [5, 5.41) is 13.2. The molecule has 0 aromatic carbocycles. The second-order valence-electron chi connectivity index (χ2n) is 5.75. The van der Waals surface area contributed by atoms with Crippen LogP contribution in [-0.2, 0) is 7.05 Å². The molecule has 4 nitrogen and oxygen atoms in total. The largest absolute Gasteiger partial charge is 0.478 e. The van der Waals surface area contributed by atoms with Gasteiger partial charge >= 0.3 is 5.97 Å². The monoisotopic (exact) mass is 222 g/mol. The fourth-order valence-electron chi connectivity index (χ4n) is 2.83. The highest BCUT2D eigenvalue weighted by atomic mass is 16.4. The fourth-order valence-corrected chi connectivity index (χ4v) is 2.83. The van der Waals surface area contributed by atoms with Gasteiger partial charge in [0.05, 0.1) is 11.9 Å². The van der Waals surface area contributed by atoms with Crippen LogP contribution >= 0.6 is 0 Å². The van der Waals surface area contributed by atoms with Crippen LogP contribution in [0.15, 0.2) is 6.20 Å². The highest BCUT2D eigenvalue weighted by Crippen LogP contribution is 2.73. The van der Waals surface area contributed by atoms with E-state index in [2.05, 4.69) is 32.8 Å². The van der Waals surface area contributed by atoms with Crippen LogP contribution in [0.5, 0.6) is 0 Å². The van der Waals surface area contributed by atoms with Gasteiger partial charge in [-0.1, -0.05) is 27.7 Å². The highest BCUT2D eigenvalue weighted by Gasteiger charge is 2.66. The zero-order valence-electron chi connectivity index (χ0n) is 10.4. The van der Waals surface area contributed by atoms with Crippen LogP contribution in [-0.4, -0.2) is 20.9 Å². The maximum atomic E-state index is 11.1. The average molecular weight is 222 g/mol. The molecule has 1 aliphatic carbocycles. The molecule has 88 valence electrons. The summed E-state index contributed by atoms with van der Waals surface area (Å²) in [6, 6.07) is 0. The maximum absolute atomic E-state index is 11.1. The van der Waals surface area contributed by atoms with Crippen LogP contribution in [0, 0.1) is 10.8 Å². The molecule has 1 heterocycles. The zero-order valence-corrected chi connectivity index (χ0v) is 10.4. The van der Waals surface area contributed by atoms with Crippen molar-refractivity contribution < 1.29 is 9.90 Å². The minimum atomic E-state index is -0.887. The van der Waals surface area contributed by atoms with Gasteiger partial charge < -0.3 is 5.11 Å². The van der Waals surface area contributed by atoms with Crippen LogP contribution in [0.2, 0.25) is 0 Å². The lowest BCUT2D eigenvalue weighted by atomic mass is 10.0. The van der Waals surface area contributed by atoms with Crippen molar-refractivity contribution in [2.45, 2.75) is 33.6 Å². The summed E-state index contributed by atoms with van der Waals surface area (Å²) in [5.74, 6) is -0.625. The molecule has 16 heavy (non-hydrogen) atoms. The number of aromatic carboxylic acids is 1. The minimum absolute atomic E-state index is 0.130. The smallest absolute Gasteiger partial charge is 0.339 e. The number of carboxylic acids is 1. The SMILES string of the molecule is Cn1ncc(C(=O)O)c1C1C(C)(C)C1(C)C. The van der Waals surface area contributed by atoms with E-state index in [-0.39, 0.29) is 16.7 Å². The van der Waals surface area contributed by atoms with Gasteiger partial charge in [0.25, 0.3) is 0 Å². The summed E-state index contributed by atoms with van der Waals surface area (Å²) in [5.41, 5.74) is 1.45. The Morgan fingerprint density at radius 3 is 2.25 bits per heavy atom. The first-order valence-electron chi connectivity index (χ1n) is 5.46. The third-order valence-electron chi connectivity index (χ3n) is 4.51. The quantitative estimate of drug-likeness (QED) is 0.835. The fraction of sp³-hybridized carbons (Fsp3) is 0.667. The van der Waals surface area contributed by atoms with E-state index in [4.69, 9.17) is 5.11 Å². The molecule has 0 atom stereocenters. The first-order chi connectivity index (χ1) is 7.21. The molecule has 0 saturated heterocycles. The number of aromatic nitrogens is 2. The lowest BCUT2D eigenvalue weighted by molar-refractivity contribution is 0.0695. The van der Waals surface area contributed by atoms with E-state index in [9.17, 15) is 4.79 Å². The first-order valence-corrected chi connectivity index (χ1v) is 5.46. The molecule has 0 radical (unpaired) electrons. The van der Waals surface area contributed by atoms with Crippen molar-refractivity contribution in [3.63, 3.8) is 0 Å². The Bertz CT molecular complexity index is 444. The van der Waals surface area contributed by atoms with Crippen molar-refractivity contribution in [1.82, 2.24) is 9.78 Å². The van der Waals surface area contributed by atoms with Crippen LogP contribution in [0.1, 0.15) is 49.7 Å². The number of carbonyl (C=O) groups is 1. The summed E-state index contributed by atoms with van der Waals surface area (Å²) < 4.78 is 1.70. The second kappa shape index (κ2) is 2.87. The standard InChI is InChI=1S/C12H18N2O2/c1-11(2)9(12(11,3)4)8-7(10(15)16)6-13-14(8)5/h6,9H,1-5H3,(H,15,16). The van der Waals surface area contributed by atoms with Crippen molar-refractivity contribution in [3.8, 4) is 0 Å². The molecular formula is C12H18N2O2. The summed E-state index contributed by atoms with van der Waals surface area (Å²) >= 11 is 0. The molecular weight excluding hydrogens is 204 g/mol. The molecule has 1 aromatic heterocycles. The Morgan fingerprint density at radius 1 is 1.38 bits per heavy atom. The molecule has 0 aliphatic heterocycles. The van der Waals surface area contributed by atoms with E-state index < -0.39 is 5.97 Å². The Kier molecular flexibility index (Phi) is 2.00. The minimum Gasteiger partial charge on any atom is -0.478 e. The van der Waals surface area contributed by atoms with Crippen LogP contribution in [0.4, 0.5) is 0 Å². The molecule has 0 amide bonds. The summed E-state index contributed by atoms with van der Waals surface area (Å²) in [6.07, 6.45) is 1.45. The molecule has 0 bridgehead atoms. The molecule has 1 N–H and O–H groups in total. The lowest BCUT2D eigenvalue weighted by Crippen LogP contribution is -2.06. The molecule has 1 aliphatic rings. The van der Waals surface area contributed by atoms with Crippen molar-refractivity contribution in [2.24, 2.45) is 17.9 Å². The predicted molar refractivity (Wildman–Crippen MR) is 60.5 cm³/mol. The number of hydrogen-bond acceptors (Lipinski definition) is 2. The molecule has 0 spiro atoms. The van der Waals surface area contributed by atoms with E-state index in [1.165, 1.54) is 6.20 Å². The zero-order chi connectivity index (χ0) is 12.3. The average Bonchev–Trinajstić information content (AvgIpc) is 2.44. The number of hydrogen-bond donors (Lipinski definition) is 1. The second-order valence-corrected chi connectivity index (χ2v) is 5.75. The molecule has 4 heteroatoms. The Hall–Kier alpha value is -1.32. The van der Waals surface area contributed by atoms with E-state index in [1.54, 1.807) is 4.68 Å². The summed E-state index contributed by atoms with van der Waals surface area (Å²) in [6.45, 7) is 8.71. The lowest BCUT2D eigenvalue weighted by Gasteiger charge is -2.05. The molecule has 1 aromatic rings. The van der Waals surface area contributed by atoms with E-state index >= 15 is 0 Å². The Labute approximate surface area is 95.3 Å². The summed E-state index contributed by atoms with van der Waals surface area (Å²) in [4.78, 5) is 11.1. The molecule has 1 fully saturated rings. The third-order valence-corrected chi connectivity index (χ3v) is 4.51. The molecule has 1 saturated carbocycles. The molecule has 2 rings (SSSR count). The van der Waals surface area contributed by atoms with Gasteiger partial charge in [0.1, 0.15) is 5.56 Å². The van der Waals surface area contributed by atoms with E-state index in [0.717, 1.165) is 5.69 Å². The third kappa shape index (κ3) is 1.16. The first kappa shape index (κ1) is 11.2. The number of nitrogens with zero attached hydrogens (tertiary/aromatic N) is 2. The highest BCUT2D eigenvalue weighted by molar-refractivity contribution is 5.89. The van der Waals surface area contributed by atoms with E-state index in [0.29, 0.717) is 5.56 Å². The Morgan fingerprint density at radius 2 is 1.88 bits per heavy atom. The number of aryl methyl sites for hydroxylation is 1. The maximum Gasteiger partial charge on any atom is 0.339 e. The van der Waals surface area contributed by atoms with Gasteiger partial charge in [0.2, 0.25) is 0 Å². The van der Waals surface area contributed by atoms with Gasteiger partial charge in [0.15, 0.2) is 0 Å². The van der Waals surface area contributed by atoms with Crippen molar-refractivity contribution in [3.05, 3.63) is 17.5 Å². The summed E-state index contributed by atoms with van der Waals surface area (Å²) in [7, 11) is 1.81. The van der Waals surface area contributed by atoms with Crippen molar-refractivity contribution in [1.29, 1.82) is 0 Å².